The van der Waals surface area contributed by atoms with Crippen LogP contribution in [0.4, 0.5) is 5.82 Å². The quantitative estimate of drug-likeness (QED) is 0.547. The van der Waals surface area contributed by atoms with Crippen LogP contribution in [0.15, 0.2) is 4.79 Å². The molecule has 0 aliphatic heterocycles. The van der Waals surface area contributed by atoms with Crippen LogP contribution in [0.5, 0.6) is 0 Å². The smallest absolute Gasteiger partial charge is 0.256 e. The van der Waals surface area contributed by atoms with Gasteiger partial charge >= 0.3 is 0 Å². The van der Waals surface area contributed by atoms with Gasteiger partial charge in [0, 0.05) is 0 Å². The number of aromatic nitrogens is 2. The van der Waals surface area contributed by atoms with Crippen molar-refractivity contribution >= 4 is 5.82 Å². The van der Waals surface area contributed by atoms with Crippen molar-refractivity contribution in [2.24, 2.45) is 5.73 Å². The molecule has 66 valence electrons. The van der Waals surface area contributed by atoms with Crippen LogP contribution in [0.2, 0.25) is 0 Å². The lowest BCUT2D eigenvalue weighted by atomic mass is 10.2. The molecule has 1 aromatic rings. The van der Waals surface area contributed by atoms with E-state index in [2.05, 4.69) is 9.97 Å². The summed E-state index contributed by atoms with van der Waals surface area (Å²) in [5.41, 5.74) is 11.1. The highest BCUT2D eigenvalue weighted by Crippen LogP contribution is 2.01. The first kappa shape index (κ1) is 8.73. The normalized spacial score (nSPS) is 10.2. The van der Waals surface area contributed by atoms with Gasteiger partial charge in [0.1, 0.15) is 11.6 Å². The molecule has 0 aromatic carbocycles. The summed E-state index contributed by atoms with van der Waals surface area (Å²) in [7, 11) is 0. The summed E-state index contributed by atoms with van der Waals surface area (Å²) in [6, 6.07) is 0. The first-order chi connectivity index (χ1) is 5.69. The number of H-pyrrole nitrogens is 1. The predicted molar refractivity (Wildman–Crippen MR) is 46.5 cm³/mol. The van der Waals surface area contributed by atoms with E-state index < -0.39 is 0 Å². The molecule has 5 N–H and O–H groups in total. The van der Waals surface area contributed by atoms with Gasteiger partial charge in [-0.25, -0.2) is 4.98 Å². The molecule has 0 fully saturated rings. The number of hydrogen-bond donors (Lipinski definition) is 3. The molecule has 12 heavy (non-hydrogen) atoms. The fourth-order valence-corrected chi connectivity index (χ4v) is 1.00. The summed E-state index contributed by atoms with van der Waals surface area (Å²) in [6.45, 7) is 2.05. The molecular formula is C7H12N4O. The molecule has 5 nitrogen and oxygen atoms in total. The van der Waals surface area contributed by atoms with Gasteiger partial charge in [0.05, 0.1) is 12.1 Å². The fraction of sp³-hybridized carbons (Fsp3) is 0.429. The minimum atomic E-state index is -0.189. The number of rotatable bonds is 2. The second-order valence-corrected chi connectivity index (χ2v) is 2.43. The molecule has 1 aromatic heterocycles. The molecule has 1 rings (SSSR count). The summed E-state index contributed by atoms with van der Waals surface area (Å²) in [4.78, 5) is 17.7. The molecule has 0 radical (unpaired) electrons. The number of hydrogen-bond acceptors (Lipinski definition) is 4. The Morgan fingerprint density at radius 2 is 2.25 bits per heavy atom. The molecule has 0 aliphatic carbocycles. The van der Waals surface area contributed by atoms with Crippen LogP contribution < -0.4 is 17.0 Å². The zero-order chi connectivity index (χ0) is 9.14. The first-order valence-corrected chi connectivity index (χ1v) is 3.76. The molecule has 0 amide bonds. The molecule has 0 unspecified atom stereocenters. The largest absolute Gasteiger partial charge is 0.383 e. The third-order valence-corrected chi connectivity index (χ3v) is 1.64. The molecule has 5 heteroatoms. The van der Waals surface area contributed by atoms with Gasteiger partial charge in [0.15, 0.2) is 0 Å². The van der Waals surface area contributed by atoms with Gasteiger partial charge < -0.3 is 16.5 Å². The van der Waals surface area contributed by atoms with E-state index in [1.807, 2.05) is 6.92 Å². The van der Waals surface area contributed by atoms with E-state index in [0.717, 1.165) is 0 Å². The number of nitrogen functional groups attached to an aromatic ring is 1. The lowest BCUT2D eigenvalue weighted by Crippen LogP contribution is -2.20. The summed E-state index contributed by atoms with van der Waals surface area (Å²) < 4.78 is 0. The van der Waals surface area contributed by atoms with E-state index in [4.69, 9.17) is 11.5 Å². The first-order valence-electron chi connectivity index (χ1n) is 3.76. The van der Waals surface area contributed by atoms with Gasteiger partial charge in [-0.2, -0.15) is 0 Å². The van der Waals surface area contributed by atoms with Crippen LogP contribution in [0, 0.1) is 0 Å². The second-order valence-electron chi connectivity index (χ2n) is 2.43. The maximum atomic E-state index is 11.2. The van der Waals surface area contributed by atoms with Gasteiger partial charge in [0.2, 0.25) is 0 Å². The lowest BCUT2D eigenvalue weighted by Gasteiger charge is -2.02. The topological polar surface area (TPSA) is 97.8 Å². The molecule has 0 bridgehead atoms. The van der Waals surface area contributed by atoms with Gasteiger partial charge in [0.25, 0.3) is 5.56 Å². The Labute approximate surface area is 69.8 Å². The standard InChI is InChI=1S/C7H12N4O/c1-2-4-6(9)10-5(3-8)11-7(4)12/h2-3,8H2,1H3,(H3,9,10,11,12). The molecule has 0 atom stereocenters. The SMILES string of the molecule is CCc1c(N)nc(CN)[nH]c1=O. The highest BCUT2D eigenvalue weighted by molar-refractivity contribution is 5.37. The predicted octanol–water partition coefficient (Wildman–Crippen LogP) is -0.627. The van der Waals surface area contributed by atoms with Crippen molar-refractivity contribution in [3.8, 4) is 0 Å². The van der Waals surface area contributed by atoms with E-state index in [0.29, 0.717) is 17.8 Å². The van der Waals surface area contributed by atoms with Gasteiger partial charge in [-0.1, -0.05) is 6.92 Å². The van der Waals surface area contributed by atoms with Crippen molar-refractivity contribution in [3.05, 3.63) is 21.7 Å². The minimum Gasteiger partial charge on any atom is -0.383 e. The second kappa shape index (κ2) is 3.36. The Morgan fingerprint density at radius 1 is 1.58 bits per heavy atom. The fourth-order valence-electron chi connectivity index (χ4n) is 1.00. The molecule has 0 saturated heterocycles. The number of aromatic amines is 1. The average Bonchev–Trinajstić information content (AvgIpc) is 2.03. The molecule has 0 aliphatic rings. The lowest BCUT2D eigenvalue weighted by molar-refractivity contribution is 0.875. The van der Waals surface area contributed by atoms with Crippen molar-refractivity contribution in [2.45, 2.75) is 19.9 Å². The monoisotopic (exact) mass is 168 g/mol. The third-order valence-electron chi connectivity index (χ3n) is 1.64. The van der Waals surface area contributed by atoms with Gasteiger partial charge in [-0.15, -0.1) is 0 Å². The number of anilines is 1. The number of nitrogens with one attached hydrogen (secondary N) is 1. The third kappa shape index (κ3) is 1.45. The Morgan fingerprint density at radius 3 is 2.67 bits per heavy atom. The highest BCUT2D eigenvalue weighted by Gasteiger charge is 2.04. The Hall–Kier alpha value is -1.36. The average molecular weight is 168 g/mol. The molecule has 0 spiro atoms. The van der Waals surface area contributed by atoms with Crippen molar-refractivity contribution in [1.29, 1.82) is 0 Å². The van der Waals surface area contributed by atoms with E-state index in [1.165, 1.54) is 0 Å². The Kier molecular flexibility index (Phi) is 2.44. The molecule has 1 heterocycles. The zero-order valence-electron chi connectivity index (χ0n) is 6.92. The summed E-state index contributed by atoms with van der Waals surface area (Å²) in [6.07, 6.45) is 0.582. The maximum absolute atomic E-state index is 11.2. The molecule has 0 saturated carbocycles. The molecular weight excluding hydrogens is 156 g/mol. The Bertz CT molecular complexity index is 331. The van der Waals surface area contributed by atoms with Crippen LogP contribution in [-0.4, -0.2) is 9.97 Å². The van der Waals surface area contributed by atoms with Crippen molar-refractivity contribution in [2.75, 3.05) is 5.73 Å². The van der Waals surface area contributed by atoms with Crippen molar-refractivity contribution in [3.63, 3.8) is 0 Å². The summed E-state index contributed by atoms with van der Waals surface area (Å²) in [5.74, 6) is 0.705. The van der Waals surface area contributed by atoms with Crippen LogP contribution in [0.3, 0.4) is 0 Å². The van der Waals surface area contributed by atoms with Crippen LogP contribution in [0.25, 0.3) is 0 Å². The van der Waals surface area contributed by atoms with E-state index in [9.17, 15) is 4.79 Å². The van der Waals surface area contributed by atoms with Gasteiger partial charge in [-0.3, -0.25) is 4.79 Å². The van der Waals surface area contributed by atoms with Crippen LogP contribution in [0.1, 0.15) is 18.3 Å². The van der Waals surface area contributed by atoms with E-state index >= 15 is 0 Å². The van der Waals surface area contributed by atoms with E-state index in [-0.39, 0.29) is 17.9 Å². The maximum Gasteiger partial charge on any atom is 0.256 e. The van der Waals surface area contributed by atoms with Crippen LogP contribution >= 0.6 is 0 Å². The highest BCUT2D eigenvalue weighted by atomic mass is 16.1. The Balaban J connectivity index is 3.28. The van der Waals surface area contributed by atoms with Gasteiger partial charge in [-0.05, 0) is 6.42 Å². The number of nitrogens with zero attached hydrogens (tertiary/aromatic N) is 1. The number of nitrogens with two attached hydrogens (primary N) is 2. The van der Waals surface area contributed by atoms with Crippen molar-refractivity contribution in [1.82, 2.24) is 9.97 Å². The van der Waals surface area contributed by atoms with E-state index in [1.54, 1.807) is 0 Å². The summed E-state index contributed by atoms with van der Waals surface area (Å²) >= 11 is 0. The zero-order valence-corrected chi connectivity index (χ0v) is 6.92. The van der Waals surface area contributed by atoms with Crippen LogP contribution in [-0.2, 0) is 13.0 Å². The summed E-state index contributed by atoms with van der Waals surface area (Å²) in [5, 5.41) is 0. The van der Waals surface area contributed by atoms with Crippen molar-refractivity contribution < 1.29 is 0 Å². The minimum absolute atomic E-state index is 0.189.